The molecule has 7 heteroatoms. The number of nitrogens with zero attached hydrogens (tertiary/aromatic N) is 1. The smallest absolute Gasteiger partial charge is 0.357 e. The summed E-state index contributed by atoms with van der Waals surface area (Å²) in [4.78, 5) is 26.4. The van der Waals surface area contributed by atoms with E-state index in [1.54, 1.807) is 0 Å². The lowest BCUT2D eigenvalue weighted by atomic mass is 10.1. The zero-order valence-electron chi connectivity index (χ0n) is 12.0. The second-order valence-corrected chi connectivity index (χ2v) is 4.58. The number of nitrogens with one attached hydrogen (secondary N) is 1. The SMILES string of the molecule is COC(=O)C(Cc1nc(C(=O)O)co1)NCc1ccccc1. The molecule has 0 aliphatic heterocycles. The van der Waals surface area contributed by atoms with Gasteiger partial charge in [-0.05, 0) is 5.56 Å². The molecule has 0 aliphatic rings. The fourth-order valence-corrected chi connectivity index (χ4v) is 1.90. The monoisotopic (exact) mass is 304 g/mol. The number of esters is 1. The van der Waals surface area contributed by atoms with Gasteiger partial charge in [0.1, 0.15) is 12.3 Å². The van der Waals surface area contributed by atoms with Crippen LogP contribution >= 0.6 is 0 Å². The third-order valence-corrected chi connectivity index (χ3v) is 3.03. The predicted octanol–water partition coefficient (Wildman–Crippen LogP) is 1.25. The van der Waals surface area contributed by atoms with Gasteiger partial charge in [0.2, 0.25) is 0 Å². The summed E-state index contributed by atoms with van der Waals surface area (Å²) in [5.74, 6) is -1.48. The number of carbonyl (C=O) groups is 2. The minimum absolute atomic E-state index is 0.104. The quantitative estimate of drug-likeness (QED) is 0.742. The molecule has 0 fully saturated rings. The van der Waals surface area contributed by atoms with Crippen LogP contribution in [0.4, 0.5) is 0 Å². The number of hydrogen-bond acceptors (Lipinski definition) is 6. The van der Waals surface area contributed by atoms with Crippen LogP contribution in [0.5, 0.6) is 0 Å². The van der Waals surface area contributed by atoms with E-state index in [0.29, 0.717) is 6.54 Å². The van der Waals surface area contributed by atoms with E-state index in [9.17, 15) is 9.59 Å². The number of ether oxygens (including phenoxy) is 1. The van der Waals surface area contributed by atoms with Crippen molar-refractivity contribution in [2.75, 3.05) is 7.11 Å². The maximum atomic E-state index is 11.8. The summed E-state index contributed by atoms with van der Waals surface area (Å²) >= 11 is 0. The molecule has 7 nitrogen and oxygen atoms in total. The Hall–Kier alpha value is -2.67. The Morgan fingerprint density at radius 2 is 2.09 bits per heavy atom. The predicted molar refractivity (Wildman–Crippen MR) is 76.3 cm³/mol. The molecule has 0 spiro atoms. The van der Waals surface area contributed by atoms with E-state index in [1.807, 2.05) is 30.3 Å². The first-order chi connectivity index (χ1) is 10.6. The highest BCUT2D eigenvalue weighted by Gasteiger charge is 2.22. The standard InChI is InChI=1S/C15H16N2O5/c1-21-15(20)11(16-8-10-5-3-2-4-6-10)7-13-17-12(9-22-13)14(18)19/h2-6,9,11,16H,7-8H2,1H3,(H,18,19). The van der Waals surface area contributed by atoms with Gasteiger partial charge >= 0.3 is 11.9 Å². The maximum Gasteiger partial charge on any atom is 0.357 e. The minimum Gasteiger partial charge on any atom is -0.476 e. The highest BCUT2D eigenvalue weighted by molar-refractivity contribution is 5.84. The summed E-state index contributed by atoms with van der Waals surface area (Å²) in [5.41, 5.74) is 0.816. The molecule has 1 atom stereocenters. The van der Waals surface area contributed by atoms with E-state index < -0.39 is 18.0 Å². The number of carboxylic acids is 1. The Morgan fingerprint density at radius 1 is 1.36 bits per heavy atom. The summed E-state index contributed by atoms with van der Waals surface area (Å²) < 4.78 is 9.80. The average molecular weight is 304 g/mol. The molecule has 0 bridgehead atoms. The largest absolute Gasteiger partial charge is 0.476 e. The molecule has 1 aromatic heterocycles. The Bertz CT molecular complexity index is 638. The molecule has 2 rings (SSSR count). The number of hydrogen-bond donors (Lipinski definition) is 2. The fourth-order valence-electron chi connectivity index (χ4n) is 1.90. The number of benzene rings is 1. The molecular formula is C15H16N2O5. The number of aromatic nitrogens is 1. The van der Waals surface area contributed by atoms with Gasteiger partial charge in [0.05, 0.1) is 13.5 Å². The Labute approximate surface area is 126 Å². The van der Waals surface area contributed by atoms with Crippen LogP contribution in [-0.4, -0.2) is 35.2 Å². The maximum absolute atomic E-state index is 11.8. The van der Waals surface area contributed by atoms with Crippen molar-refractivity contribution in [3.8, 4) is 0 Å². The van der Waals surface area contributed by atoms with E-state index in [1.165, 1.54) is 7.11 Å². The molecule has 2 N–H and O–H groups in total. The second-order valence-electron chi connectivity index (χ2n) is 4.58. The second kappa shape index (κ2) is 7.37. The first kappa shape index (κ1) is 15.7. The van der Waals surface area contributed by atoms with Crippen LogP contribution in [-0.2, 0) is 22.5 Å². The summed E-state index contributed by atoms with van der Waals surface area (Å²) in [6.07, 6.45) is 1.15. The Balaban J connectivity index is 2.02. The molecule has 2 aromatic rings. The molecule has 1 heterocycles. The van der Waals surface area contributed by atoms with Gasteiger partial charge in [0, 0.05) is 6.54 Å². The van der Waals surface area contributed by atoms with Crippen LogP contribution in [0.1, 0.15) is 21.9 Å². The molecule has 0 saturated carbocycles. The summed E-state index contributed by atoms with van der Waals surface area (Å²) in [6, 6.07) is 8.88. The normalized spacial score (nSPS) is 11.9. The van der Waals surface area contributed by atoms with E-state index in [4.69, 9.17) is 14.3 Å². The van der Waals surface area contributed by atoms with Gasteiger partial charge in [0.25, 0.3) is 0 Å². The van der Waals surface area contributed by atoms with Crippen LogP contribution < -0.4 is 5.32 Å². The number of methoxy groups -OCH3 is 1. The lowest BCUT2D eigenvalue weighted by molar-refractivity contribution is -0.143. The lowest BCUT2D eigenvalue weighted by Gasteiger charge is -2.14. The number of oxazole rings is 1. The summed E-state index contributed by atoms with van der Waals surface area (Å²) in [5, 5.41) is 11.9. The summed E-state index contributed by atoms with van der Waals surface area (Å²) in [7, 11) is 1.29. The van der Waals surface area contributed by atoms with E-state index in [-0.39, 0.29) is 18.0 Å². The molecule has 0 amide bonds. The van der Waals surface area contributed by atoms with Crippen molar-refractivity contribution in [3.05, 3.63) is 53.7 Å². The molecule has 22 heavy (non-hydrogen) atoms. The van der Waals surface area contributed by atoms with Gasteiger partial charge in [0.15, 0.2) is 11.6 Å². The van der Waals surface area contributed by atoms with Crippen molar-refractivity contribution >= 4 is 11.9 Å². The zero-order valence-corrected chi connectivity index (χ0v) is 12.0. The van der Waals surface area contributed by atoms with E-state index >= 15 is 0 Å². The fraction of sp³-hybridized carbons (Fsp3) is 0.267. The van der Waals surface area contributed by atoms with Crippen molar-refractivity contribution in [2.45, 2.75) is 19.0 Å². The number of carbonyl (C=O) groups excluding carboxylic acids is 1. The van der Waals surface area contributed by atoms with Crippen LogP contribution in [0.15, 0.2) is 41.0 Å². The molecule has 0 radical (unpaired) electrons. The Kier molecular flexibility index (Phi) is 5.26. The van der Waals surface area contributed by atoms with Gasteiger partial charge in [-0.25, -0.2) is 9.78 Å². The zero-order chi connectivity index (χ0) is 15.9. The van der Waals surface area contributed by atoms with Gasteiger partial charge in [-0.3, -0.25) is 10.1 Å². The van der Waals surface area contributed by atoms with E-state index in [2.05, 4.69) is 10.3 Å². The van der Waals surface area contributed by atoms with Crippen LogP contribution in [0.2, 0.25) is 0 Å². The highest BCUT2D eigenvalue weighted by Crippen LogP contribution is 2.07. The average Bonchev–Trinajstić information content (AvgIpc) is 3.00. The molecule has 0 aliphatic carbocycles. The first-order valence-corrected chi connectivity index (χ1v) is 6.63. The molecule has 116 valence electrons. The number of rotatable bonds is 7. The van der Waals surface area contributed by atoms with Crippen molar-refractivity contribution in [3.63, 3.8) is 0 Å². The molecule has 1 unspecified atom stereocenters. The highest BCUT2D eigenvalue weighted by atomic mass is 16.5. The van der Waals surface area contributed by atoms with Crippen molar-refractivity contribution in [1.82, 2.24) is 10.3 Å². The first-order valence-electron chi connectivity index (χ1n) is 6.63. The minimum atomic E-state index is -1.18. The van der Waals surface area contributed by atoms with Crippen LogP contribution in [0.3, 0.4) is 0 Å². The Morgan fingerprint density at radius 3 is 2.68 bits per heavy atom. The molecule has 1 aromatic carbocycles. The van der Waals surface area contributed by atoms with Gasteiger partial charge in [-0.1, -0.05) is 30.3 Å². The molecule has 0 saturated heterocycles. The van der Waals surface area contributed by atoms with Crippen molar-refractivity contribution in [1.29, 1.82) is 0 Å². The number of carboxylic acid groups (broad SMARTS) is 1. The molecular weight excluding hydrogens is 288 g/mol. The van der Waals surface area contributed by atoms with E-state index in [0.717, 1.165) is 11.8 Å². The lowest BCUT2D eigenvalue weighted by Crippen LogP contribution is -2.39. The van der Waals surface area contributed by atoms with Gasteiger partial charge < -0.3 is 14.3 Å². The van der Waals surface area contributed by atoms with Crippen LogP contribution in [0.25, 0.3) is 0 Å². The van der Waals surface area contributed by atoms with Crippen molar-refractivity contribution < 1.29 is 23.8 Å². The third-order valence-electron chi connectivity index (χ3n) is 3.03. The summed E-state index contributed by atoms with van der Waals surface area (Å²) in [6.45, 7) is 0.465. The van der Waals surface area contributed by atoms with Gasteiger partial charge in [-0.15, -0.1) is 0 Å². The van der Waals surface area contributed by atoms with Gasteiger partial charge in [-0.2, -0.15) is 0 Å². The van der Waals surface area contributed by atoms with Crippen molar-refractivity contribution in [2.24, 2.45) is 0 Å². The topological polar surface area (TPSA) is 102 Å². The van der Waals surface area contributed by atoms with Crippen LogP contribution in [0, 0.1) is 0 Å². The number of aromatic carboxylic acids is 1. The third kappa shape index (κ3) is 4.16.